The van der Waals surface area contributed by atoms with Gasteiger partial charge in [0.25, 0.3) is 0 Å². The molecule has 3 rings (SSSR count). The van der Waals surface area contributed by atoms with Crippen LogP contribution in [0.4, 0.5) is 0 Å². The van der Waals surface area contributed by atoms with Gasteiger partial charge in [-0.2, -0.15) is 0 Å². The second kappa shape index (κ2) is 14.8. The van der Waals surface area contributed by atoms with Crippen molar-refractivity contribution in [3.63, 3.8) is 0 Å². The summed E-state index contributed by atoms with van der Waals surface area (Å²) in [7, 11) is 0. The third kappa shape index (κ3) is 8.91. The van der Waals surface area contributed by atoms with Gasteiger partial charge in [0.1, 0.15) is 23.2 Å². The molecule has 2 fully saturated rings. The molecule has 43 heavy (non-hydrogen) atoms. The van der Waals surface area contributed by atoms with Crippen LogP contribution < -0.4 is 38.1 Å². The van der Waals surface area contributed by atoms with Crippen molar-refractivity contribution in [2.75, 3.05) is 13.1 Å². The molecule has 1 saturated heterocycles. The number of carbonyl (C=O) groups excluding carboxylic acids is 5. The van der Waals surface area contributed by atoms with Crippen molar-refractivity contribution < 1.29 is 24.0 Å². The van der Waals surface area contributed by atoms with Gasteiger partial charge in [-0.05, 0) is 44.6 Å². The Morgan fingerprint density at radius 3 is 2.28 bits per heavy atom. The van der Waals surface area contributed by atoms with Crippen molar-refractivity contribution in [3.05, 3.63) is 35.9 Å². The van der Waals surface area contributed by atoms with Gasteiger partial charge in [-0.25, -0.2) is 0 Å². The molecule has 5 amide bonds. The van der Waals surface area contributed by atoms with E-state index >= 15 is 0 Å². The van der Waals surface area contributed by atoms with Crippen LogP contribution in [0.5, 0.6) is 0 Å². The van der Waals surface area contributed by atoms with Gasteiger partial charge in [0, 0.05) is 19.0 Å². The van der Waals surface area contributed by atoms with Crippen molar-refractivity contribution in [1.82, 2.24) is 26.6 Å². The van der Waals surface area contributed by atoms with Gasteiger partial charge in [0.15, 0.2) is 5.96 Å². The predicted molar refractivity (Wildman–Crippen MR) is 162 cm³/mol. The van der Waals surface area contributed by atoms with Crippen molar-refractivity contribution >= 4 is 35.5 Å². The summed E-state index contributed by atoms with van der Waals surface area (Å²) in [5, 5.41) is 14.3. The fourth-order valence-electron chi connectivity index (χ4n) is 5.38. The van der Waals surface area contributed by atoms with Gasteiger partial charge >= 0.3 is 0 Å². The third-order valence-corrected chi connectivity index (χ3v) is 8.09. The molecule has 0 radical (unpaired) electrons. The number of nitrogens with two attached hydrogens (primary N) is 2. The Kier molecular flexibility index (Phi) is 11.5. The number of hydrogen-bond donors (Lipinski definition) is 7. The van der Waals surface area contributed by atoms with E-state index < -0.39 is 52.7 Å². The fourth-order valence-corrected chi connectivity index (χ4v) is 5.38. The smallest absolute Gasteiger partial charge is 0.247 e. The topological polar surface area (TPSA) is 210 Å². The summed E-state index contributed by atoms with van der Waals surface area (Å²) < 4.78 is 0. The van der Waals surface area contributed by atoms with E-state index in [0.29, 0.717) is 37.7 Å². The van der Waals surface area contributed by atoms with E-state index in [1.54, 1.807) is 45.0 Å². The van der Waals surface area contributed by atoms with E-state index in [1.807, 2.05) is 6.07 Å². The lowest BCUT2D eigenvalue weighted by molar-refractivity contribution is -0.140. The lowest BCUT2D eigenvalue weighted by Crippen LogP contribution is -2.66. The Morgan fingerprint density at radius 2 is 1.65 bits per heavy atom. The van der Waals surface area contributed by atoms with Crippen molar-refractivity contribution in [2.24, 2.45) is 22.4 Å². The second-order valence-electron chi connectivity index (χ2n) is 11.9. The molecule has 0 aromatic heterocycles. The van der Waals surface area contributed by atoms with E-state index in [2.05, 4.69) is 31.6 Å². The standard InChI is InChI=1S/C30H46N8O5/c1-19(2)23(39)37-29(3)16-18-33-25(41)22(20-11-6-4-7-12-20)36-27(43)30(14-8-5-9-15-30)38-24(40)21(35-26(29)42)13-10-17-34-28(31)32/h4,6-7,11-12,19,21-22H,5,8-10,13-18H2,1-3H3,(H,33,41)(H,35,42)(H,36,43)(H,37,39)(H,38,40)(H4,31,32,34)/t21-,22+,29+/m0/s1. The van der Waals surface area contributed by atoms with E-state index in [0.717, 1.165) is 6.42 Å². The first kappa shape index (κ1) is 33.3. The summed E-state index contributed by atoms with van der Waals surface area (Å²) in [4.78, 5) is 71.8. The van der Waals surface area contributed by atoms with Crippen molar-refractivity contribution in [3.8, 4) is 0 Å². The number of hydrogen-bond acceptors (Lipinski definition) is 6. The van der Waals surface area contributed by atoms with Gasteiger partial charge in [0.2, 0.25) is 29.5 Å². The summed E-state index contributed by atoms with van der Waals surface area (Å²) in [6, 6.07) is 6.77. The molecule has 13 nitrogen and oxygen atoms in total. The summed E-state index contributed by atoms with van der Waals surface area (Å²) in [6.45, 7) is 5.23. The van der Waals surface area contributed by atoms with E-state index in [1.165, 1.54) is 0 Å². The quantitative estimate of drug-likeness (QED) is 0.132. The third-order valence-electron chi connectivity index (χ3n) is 8.09. The van der Waals surface area contributed by atoms with Crippen LogP contribution in [-0.2, 0) is 24.0 Å². The van der Waals surface area contributed by atoms with Gasteiger partial charge in [-0.15, -0.1) is 0 Å². The number of rotatable bonds is 7. The molecule has 1 aliphatic carbocycles. The van der Waals surface area contributed by atoms with E-state index in [4.69, 9.17) is 11.5 Å². The first-order valence-electron chi connectivity index (χ1n) is 15.0. The van der Waals surface area contributed by atoms with Crippen LogP contribution in [0.2, 0.25) is 0 Å². The lowest BCUT2D eigenvalue weighted by Gasteiger charge is -2.39. The predicted octanol–water partition coefficient (Wildman–Crippen LogP) is 0.252. The van der Waals surface area contributed by atoms with Crippen LogP contribution in [0.3, 0.4) is 0 Å². The van der Waals surface area contributed by atoms with Crippen LogP contribution in [0, 0.1) is 5.92 Å². The SMILES string of the molecule is CC(C)C(=O)N[C@]1(C)CCNC(=O)[C@@H](c2ccccc2)NC(=O)C2(CCCCC2)NC(=O)[C@H](CCCN=C(N)N)NC1=O. The van der Waals surface area contributed by atoms with Crippen LogP contribution in [-0.4, -0.2) is 65.7 Å². The fraction of sp³-hybridized carbons (Fsp3) is 0.600. The maximum atomic E-state index is 13.9. The number of guanidine groups is 1. The van der Waals surface area contributed by atoms with Gasteiger partial charge < -0.3 is 38.1 Å². The van der Waals surface area contributed by atoms with Gasteiger partial charge in [-0.3, -0.25) is 29.0 Å². The molecule has 1 spiro atoms. The molecule has 1 saturated carbocycles. The number of carbonyl (C=O) groups is 5. The van der Waals surface area contributed by atoms with Crippen LogP contribution >= 0.6 is 0 Å². The number of nitrogens with one attached hydrogen (secondary N) is 5. The average Bonchev–Trinajstić information content (AvgIpc) is 2.97. The molecule has 0 bridgehead atoms. The Hall–Kier alpha value is -4.16. The molecule has 13 heteroatoms. The minimum atomic E-state index is -1.45. The number of amides is 5. The highest BCUT2D eigenvalue weighted by atomic mass is 16.2. The minimum absolute atomic E-state index is 0.0207. The normalized spacial score (nSPS) is 25.0. The monoisotopic (exact) mass is 598 g/mol. The van der Waals surface area contributed by atoms with Crippen LogP contribution in [0.1, 0.15) is 83.7 Å². The largest absolute Gasteiger partial charge is 0.370 e. The van der Waals surface area contributed by atoms with Gasteiger partial charge in [-0.1, -0.05) is 63.4 Å². The Bertz CT molecular complexity index is 1190. The molecular weight excluding hydrogens is 552 g/mol. The highest BCUT2D eigenvalue weighted by Gasteiger charge is 2.45. The first-order chi connectivity index (χ1) is 20.4. The van der Waals surface area contributed by atoms with Crippen molar-refractivity contribution in [1.29, 1.82) is 0 Å². The molecule has 3 atom stereocenters. The van der Waals surface area contributed by atoms with Crippen molar-refractivity contribution in [2.45, 2.75) is 95.3 Å². The number of benzene rings is 1. The average molecular weight is 599 g/mol. The molecule has 9 N–H and O–H groups in total. The molecule has 0 unspecified atom stereocenters. The summed E-state index contributed by atoms with van der Waals surface area (Å²) in [5.41, 5.74) is 8.74. The van der Waals surface area contributed by atoms with Crippen LogP contribution in [0.25, 0.3) is 0 Å². The zero-order valence-corrected chi connectivity index (χ0v) is 25.3. The first-order valence-corrected chi connectivity index (χ1v) is 15.0. The maximum Gasteiger partial charge on any atom is 0.247 e. The molecule has 236 valence electrons. The number of aliphatic imine (C=N–C) groups is 1. The highest BCUT2D eigenvalue weighted by Crippen LogP contribution is 2.30. The Labute approximate surface area is 252 Å². The molecule has 1 aromatic rings. The second-order valence-corrected chi connectivity index (χ2v) is 11.9. The molecule has 1 heterocycles. The number of nitrogens with zero attached hydrogens (tertiary/aromatic N) is 1. The zero-order valence-electron chi connectivity index (χ0n) is 25.3. The maximum absolute atomic E-state index is 13.9. The zero-order chi connectivity index (χ0) is 31.6. The van der Waals surface area contributed by atoms with Crippen LogP contribution in [0.15, 0.2) is 35.3 Å². The molecular formula is C30H46N8O5. The molecule has 1 aromatic carbocycles. The van der Waals surface area contributed by atoms with E-state index in [-0.39, 0.29) is 37.8 Å². The van der Waals surface area contributed by atoms with E-state index in [9.17, 15) is 24.0 Å². The molecule has 1 aliphatic heterocycles. The Morgan fingerprint density at radius 1 is 0.977 bits per heavy atom. The summed E-state index contributed by atoms with van der Waals surface area (Å²) >= 11 is 0. The lowest BCUT2D eigenvalue weighted by atomic mass is 9.80. The van der Waals surface area contributed by atoms with Gasteiger partial charge in [0.05, 0.1) is 0 Å². The highest BCUT2D eigenvalue weighted by molar-refractivity contribution is 5.99. The Balaban J connectivity index is 2.03. The molecule has 2 aliphatic rings. The minimum Gasteiger partial charge on any atom is -0.370 e. The summed E-state index contributed by atoms with van der Waals surface area (Å²) in [5.74, 6) is -2.90. The summed E-state index contributed by atoms with van der Waals surface area (Å²) in [6.07, 6.45) is 3.66.